The Morgan fingerprint density at radius 1 is 1.30 bits per heavy atom. The fraction of sp³-hybridized carbons (Fsp3) is 0.286. The number of nitrogens with zero attached hydrogens (tertiary/aromatic N) is 4. The number of urea groups is 1. The van der Waals surface area contributed by atoms with E-state index in [1.807, 2.05) is 18.2 Å². The Balaban J connectivity index is 1.85. The molecular weight excluding hydrogens is 320 g/mol. The second-order valence-electron chi connectivity index (χ2n) is 4.99. The average molecular weight is 337 g/mol. The molecule has 2 rings (SSSR count). The largest absolute Gasteiger partial charge is 0.350 e. The van der Waals surface area contributed by atoms with Crippen molar-refractivity contribution in [3.63, 3.8) is 0 Å². The topological polar surface area (TPSA) is 92.2 Å². The molecule has 0 saturated carbocycles. The first-order valence-corrected chi connectivity index (χ1v) is 7.22. The van der Waals surface area contributed by atoms with Crippen molar-refractivity contribution in [2.24, 2.45) is 0 Å². The lowest BCUT2D eigenvalue weighted by Gasteiger charge is -2.09. The van der Waals surface area contributed by atoms with Gasteiger partial charge in [-0.3, -0.25) is 10.1 Å². The van der Waals surface area contributed by atoms with E-state index in [9.17, 15) is 9.59 Å². The van der Waals surface area contributed by atoms with Crippen LogP contribution in [0.4, 0.5) is 10.6 Å². The van der Waals surface area contributed by atoms with E-state index in [2.05, 4.69) is 20.9 Å². The van der Waals surface area contributed by atoms with Gasteiger partial charge in [-0.15, -0.1) is 5.10 Å². The minimum atomic E-state index is -0.319. The Morgan fingerprint density at radius 2 is 2.04 bits per heavy atom. The van der Waals surface area contributed by atoms with E-state index in [1.165, 1.54) is 15.8 Å². The lowest BCUT2D eigenvalue weighted by Crippen LogP contribution is -2.28. The highest BCUT2D eigenvalue weighted by molar-refractivity contribution is 6.31. The normalized spacial score (nSPS) is 10.2. The third kappa shape index (κ3) is 4.96. The predicted molar refractivity (Wildman–Crippen MR) is 86.0 cm³/mol. The second kappa shape index (κ2) is 7.59. The van der Waals surface area contributed by atoms with Crippen molar-refractivity contribution in [2.45, 2.75) is 13.1 Å². The second-order valence-corrected chi connectivity index (χ2v) is 5.40. The van der Waals surface area contributed by atoms with Gasteiger partial charge >= 0.3 is 6.03 Å². The van der Waals surface area contributed by atoms with Crippen molar-refractivity contribution in [3.05, 3.63) is 41.0 Å². The molecule has 8 nitrogen and oxygen atoms in total. The first-order valence-electron chi connectivity index (χ1n) is 6.84. The number of aromatic nitrogens is 3. The number of rotatable bonds is 5. The zero-order chi connectivity index (χ0) is 16.8. The summed E-state index contributed by atoms with van der Waals surface area (Å²) >= 11 is 6.02. The molecule has 0 spiro atoms. The number of halogens is 1. The van der Waals surface area contributed by atoms with Gasteiger partial charge < -0.3 is 10.2 Å². The third-order valence-electron chi connectivity index (χ3n) is 2.92. The maximum absolute atomic E-state index is 11.9. The molecule has 9 heteroatoms. The Morgan fingerprint density at radius 3 is 2.74 bits per heavy atom. The molecule has 0 aliphatic carbocycles. The number of nitrogens with one attached hydrogen (secondary N) is 2. The van der Waals surface area contributed by atoms with Crippen molar-refractivity contribution in [1.82, 2.24) is 25.2 Å². The fourth-order valence-corrected chi connectivity index (χ4v) is 1.90. The first kappa shape index (κ1) is 16.8. The maximum Gasteiger partial charge on any atom is 0.322 e. The van der Waals surface area contributed by atoms with Gasteiger partial charge in [-0.2, -0.15) is 0 Å². The molecule has 0 radical (unpaired) electrons. The third-order valence-corrected chi connectivity index (χ3v) is 3.29. The van der Waals surface area contributed by atoms with Gasteiger partial charge in [0.2, 0.25) is 5.91 Å². The van der Waals surface area contributed by atoms with Gasteiger partial charge in [0.25, 0.3) is 0 Å². The summed E-state index contributed by atoms with van der Waals surface area (Å²) in [7, 11) is 3.23. The molecular formula is C14H17ClN6O2. The highest BCUT2D eigenvalue weighted by Gasteiger charge is 2.10. The van der Waals surface area contributed by atoms with Gasteiger partial charge in [0, 0.05) is 25.7 Å². The standard InChI is InChI=1S/C14H17ClN6O2/c1-20(2)14(23)17-12-8-21(19-18-12)9-13(22)16-7-10-5-3-4-6-11(10)15/h3-6,8H,7,9H2,1-2H3,(H,16,22)(H,17,23). The summed E-state index contributed by atoms with van der Waals surface area (Å²) in [5.74, 6) is 0.0444. The number of carbonyl (C=O) groups is 2. The minimum absolute atomic E-state index is 0.00468. The van der Waals surface area contributed by atoms with Crippen LogP contribution in [0.5, 0.6) is 0 Å². The van der Waals surface area contributed by atoms with Crippen LogP contribution >= 0.6 is 11.6 Å². The summed E-state index contributed by atoms with van der Waals surface area (Å²) in [5, 5.41) is 13.5. The monoisotopic (exact) mass is 336 g/mol. The molecule has 1 heterocycles. The Kier molecular flexibility index (Phi) is 5.53. The van der Waals surface area contributed by atoms with Crippen LogP contribution < -0.4 is 10.6 Å². The predicted octanol–water partition coefficient (Wildman–Crippen LogP) is 1.34. The van der Waals surface area contributed by atoms with Crippen LogP contribution in [0.15, 0.2) is 30.5 Å². The average Bonchev–Trinajstić information content (AvgIpc) is 2.93. The summed E-state index contributed by atoms with van der Waals surface area (Å²) in [4.78, 5) is 24.7. The van der Waals surface area contributed by atoms with Crippen LogP contribution in [-0.4, -0.2) is 45.9 Å². The molecule has 2 aromatic rings. The van der Waals surface area contributed by atoms with Crippen LogP contribution in [0, 0.1) is 0 Å². The van der Waals surface area contributed by atoms with Crippen LogP contribution in [0.25, 0.3) is 0 Å². The summed E-state index contributed by atoms with van der Waals surface area (Å²) in [6, 6.07) is 6.96. The molecule has 0 atom stereocenters. The zero-order valence-corrected chi connectivity index (χ0v) is 13.5. The number of anilines is 1. The van der Waals surface area contributed by atoms with Crippen LogP contribution in [0.3, 0.4) is 0 Å². The molecule has 0 saturated heterocycles. The van der Waals surface area contributed by atoms with Gasteiger partial charge in [0.05, 0.1) is 6.20 Å². The van der Waals surface area contributed by atoms with Crippen molar-refractivity contribution >= 4 is 29.4 Å². The molecule has 23 heavy (non-hydrogen) atoms. The highest BCUT2D eigenvalue weighted by Crippen LogP contribution is 2.14. The van der Waals surface area contributed by atoms with Crippen molar-refractivity contribution in [3.8, 4) is 0 Å². The number of hydrogen-bond acceptors (Lipinski definition) is 4. The Bertz CT molecular complexity index is 700. The molecule has 122 valence electrons. The quantitative estimate of drug-likeness (QED) is 0.861. The molecule has 0 bridgehead atoms. The van der Waals surface area contributed by atoms with Gasteiger partial charge in [-0.05, 0) is 11.6 Å². The summed E-state index contributed by atoms with van der Waals surface area (Å²) in [6.07, 6.45) is 1.48. The number of benzene rings is 1. The first-order chi connectivity index (χ1) is 11.0. The molecule has 0 aliphatic rings. The maximum atomic E-state index is 11.9. The van der Waals surface area contributed by atoms with E-state index in [-0.39, 0.29) is 24.3 Å². The van der Waals surface area contributed by atoms with E-state index in [0.29, 0.717) is 11.6 Å². The van der Waals surface area contributed by atoms with Crippen LogP contribution in [0.1, 0.15) is 5.56 Å². The zero-order valence-electron chi connectivity index (χ0n) is 12.8. The fourth-order valence-electron chi connectivity index (χ4n) is 1.69. The molecule has 2 N–H and O–H groups in total. The highest BCUT2D eigenvalue weighted by atomic mass is 35.5. The van der Waals surface area contributed by atoms with E-state index >= 15 is 0 Å². The summed E-state index contributed by atoms with van der Waals surface area (Å²) in [5.41, 5.74) is 0.833. The minimum Gasteiger partial charge on any atom is -0.350 e. The van der Waals surface area contributed by atoms with E-state index in [1.54, 1.807) is 20.2 Å². The molecule has 1 aromatic heterocycles. The Labute approximate surface area is 138 Å². The van der Waals surface area contributed by atoms with Gasteiger partial charge in [-0.25, -0.2) is 9.48 Å². The smallest absolute Gasteiger partial charge is 0.322 e. The van der Waals surface area contributed by atoms with Crippen LogP contribution in [-0.2, 0) is 17.9 Å². The lowest BCUT2D eigenvalue weighted by molar-refractivity contribution is -0.122. The summed E-state index contributed by atoms with van der Waals surface area (Å²) in [6.45, 7) is 0.326. The van der Waals surface area contributed by atoms with Crippen molar-refractivity contribution in [2.75, 3.05) is 19.4 Å². The number of carbonyl (C=O) groups excluding carboxylic acids is 2. The SMILES string of the molecule is CN(C)C(=O)Nc1cn(CC(=O)NCc2ccccc2Cl)nn1. The number of hydrogen-bond donors (Lipinski definition) is 2. The van der Waals surface area contributed by atoms with Crippen LogP contribution in [0.2, 0.25) is 5.02 Å². The summed E-state index contributed by atoms with van der Waals surface area (Å²) < 4.78 is 1.34. The van der Waals surface area contributed by atoms with Gasteiger partial charge in [0.15, 0.2) is 5.82 Å². The molecule has 1 aromatic carbocycles. The van der Waals surface area contributed by atoms with Crippen molar-refractivity contribution in [1.29, 1.82) is 0 Å². The van der Waals surface area contributed by atoms with Crippen molar-refractivity contribution < 1.29 is 9.59 Å². The Hall–Kier alpha value is -2.61. The molecule has 0 unspecified atom stereocenters. The van der Waals surface area contributed by atoms with Gasteiger partial charge in [-0.1, -0.05) is 35.0 Å². The van der Waals surface area contributed by atoms with E-state index in [0.717, 1.165) is 5.56 Å². The van der Waals surface area contributed by atoms with E-state index < -0.39 is 0 Å². The molecule has 0 fully saturated rings. The lowest BCUT2D eigenvalue weighted by atomic mass is 10.2. The molecule has 3 amide bonds. The molecule has 0 aliphatic heterocycles. The van der Waals surface area contributed by atoms with Gasteiger partial charge in [0.1, 0.15) is 6.54 Å². The number of amides is 3. The van der Waals surface area contributed by atoms with E-state index in [4.69, 9.17) is 11.6 Å².